The Bertz CT molecular complexity index is 1360. The van der Waals surface area contributed by atoms with Gasteiger partial charge in [0.2, 0.25) is 0 Å². The lowest BCUT2D eigenvalue weighted by atomic mass is 9.97. The standard InChI is InChI=1S/C26H23N3O3/c1-17-13-15-19(16-14-17)24(30)21-11-7-8-12-22(21)25(31)27-23-18(2)28(3)29(26(23)32)20-9-5-4-6-10-20/h4-16H,1-3H3,(H,27,31). The van der Waals surface area contributed by atoms with Crippen molar-refractivity contribution < 1.29 is 9.59 Å². The summed E-state index contributed by atoms with van der Waals surface area (Å²) in [5.41, 5.74) is 3.18. The summed E-state index contributed by atoms with van der Waals surface area (Å²) in [4.78, 5) is 39.3. The monoisotopic (exact) mass is 425 g/mol. The number of amides is 1. The third-order valence-corrected chi connectivity index (χ3v) is 5.52. The molecular formula is C26H23N3O3. The molecule has 6 nitrogen and oxygen atoms in total. The first-order valence-electron chi connectivity index (χ1n) is 10.2. The van der Waals surface area contributed by atoms with Crippen LogP contribution in [-0.2, 0) is 7.05 Å². The van der Waals surface area contributed by atoms with E-state index in [4.69, 9.17) is 0 Å². The Hall–Kier alpha value is -4.19. The summed E-state index contributed by atoms with van der Waals surface area (Å²) in [6.45, 7) is 3.71. The first-order chi connectivity index (χ1) is 15.4. The van der Waals surface area contributed by atoms with E-state index in [0.29, 0.717) is 16.9 Å². The van der Waals surface area contributed by atoms with Gasteiger partial charge in [-0.25, -0.2) is 4.68 Å². The molecule has 0 aliphatic carbocycles. The summed E-state index contributed by atoms with van der Waals surface area (Å²) in [7, 11) is 1.76. The largest absolute Gasteiger partial charge is 0.316 e. The fourth-order valence-electron chi connectivity index (χ4n) is 3.63. The first-order valence-corrected chi connectivity index (χ1v) is 10.2. The van der Waals surface area contributed by atoms with Gasteiger partial charge in [-0.15, -0.1) is 0 Å². The Balaban J connectivity index is 1.70. The minimum Gasteiger partial charge on any atom is -0.316 e. The van der Waals surface area contributed by atoms with Gasteiger partial charge in [0.05, 0.1) is 16.9 Å². The SMILES string of the molecule is Cc1ccc(C(=O)c2ccccc2C(=O)Nc2c(C)n(C)n(-c3ccccc3)c2=O)cc1. The van der Waals surface area contributed by atoms with Gasteiger partial charge in [-0.1, -0.05) is 66.2 Å². The molecule has 6 heteroatoms. The molecule has 0 aliphatic heterocycles. The molecule has 0 spiro atoms. The van der Waals surface area contributed by atoms with E-state index >= 15 is 0 Å². The number of hydrogen-bond acceptors (Lipinski definition) is 3. The van der Waals surface area contributed by atoms with Crippen LogP contribution in [0, 0.1) is 13.8 Å². The van der Waals surface area contributed by atoms with Crippen molar-refractivity contribution in [1.29, 1.82) is 0 Å². The molecule has 0 radical (unpaired) electrons. The molecule has 1 aromatic heterocycles. The number of aryl methyl sites for hydroxylation is 1. The van der Waals surface area contributed by atoms with Crippen molar-refractivity contribution in [2.24, 2.45) is 7.05 Å². The zero-order valence-corrected chi connectivity index (χ0v) is 18.1. The van der Waals surface area contributed by atoms with Crippen LogP contribution in [0.25, 0.3) is 5.69 Å². The van der Waals surface area contributed by atoms with Gasteiger partial charge in [-0.3, -0.25) is 19.1 Å². The van der Waals surface area contributed by atoms with Crippen LogP contribution < -0.4 is 10.9 Å². The third-order valence-electron chi connectivity index (χ3n) is 5.52. The Morgan fingerprint density at radius 1 is 0.781 bits per heavy atom. The predicted molar refractivity (Wildman–Crippen MR) is 125 cm³/mol. The molecular weight excluding hydrogens is 402 g/mol. The number of rotatable bonds is 5. The van der Waals surface area contributed by atoms with E-state index in [9.17, 15) is 14.4 Å². The number of hydrogen-bond donors (Lipinski definition) is 1. The summed E-state index contributed by atoms with van der Waals surface area (Å²) in [6.07, 6.45) is 0. The van der Waals surface area contributed by atoms with Crippen LogP contribution >= 0.6 is 0 Å². The number of carbonyl (C=O) groups is 2. The molecule has 0 saturated heterocycles. The molecule has 1 amide bonds. The average molecular weight is 425 g/mol. The number of ketones is 1. The van der Waals surface area contributed by atoms with Gasteiger partial charge in [-0.2, -0.15) is 0 Å². The third kappa shape index (κ3) is 3.78. The lowest BCUT2D eigenvalue weighted by molar-refractivity contribution is 0.0996. The molecule has 3 aromatic carbocycles. The van der Waals surface area contributed by atoms with Gasteiger partial charge in [0.15, 0.2) is 5.78 Å². The van der Waals surface area contributed by atoms with Crippen LogP contribution in [0.4, 0.5) is 5.69 Å². The van der Waals surface area contributed by atoms with E-state index in [1.54, 1.807) is 55.1 Å². The summed E-state index contributed by atoms with van der Waals surface area (Å²) in [6, 6.07) is 23.0. The van der Waals surface area contributed by atoms with Gasteiger partial charge in [0, 0.05) is 18.2 Å². The molecule has 4 rings (SSSR count). The maximum atomic E-state index is 13.2. The molecule has 0 aliphatic rings. The number of carbonyl (C=O) groups excluding carboxylic acids is 2. The van der Waals surface area contributed by atoms with Crippen molar-refractivity contribution in [3.63, 3.8) is 0 Å². The number of nitrogens with zero attached hydrogens (tertiary/aromatic N) is 2. The zero-order valence-electron chi connectivity index (χ0n) is 18.1. The predicted octanol–water partition coefficient (Wildman–Crippen LogP) is 4.28. The smallest absolute Gasteiger partial charge is 0.295 e. The van der Waals surface area contributed by atoms with E-state index in [-0.39, 0.29) is 28.2 Å². The van der Waals surface area contributed by atoms with Crippen molar-refractivity contribution >= 4 is 17.4 Å². The van der Waals surface area contributed by atoms with Crippen LogP contribution in [0.1, 0.15) is 37.5 Å². The van der Waals surface area contributed by atoms with Crippen LogP contribution in [-0.4, -0.2) is 21.1 Å². The quantitative estimate of drug-likeness (QED) is 0.485. The molecule has 1 N–H and O–H groups in total. The van der Waals surface area contributed by atoms with Crippen molar-refractivity contribution in [2.45, 2.75) is 13.8 Å². The summed E-state index contributed by atoms with van der Waals surface area (Å²) in [5, 5.41) is 2.74. The van der Waals surface area contributed by atoms with Crippen LogP contribution in [0.15, 0.2) is 83.7 Å². The second-order valence-electron chi connectivity index (χ2n) is 7.63. The molecule has 0 bridgehead atoms. The Morgan fingerprint density at radius 3 is 2.03 bits per heavy atom. The maximum absolute atomic E-state index is 13.2. The lowest BCUT2D eigenvalue weighted by Gasteiger charge is -2.09. The van der Waals surface area contributed by atoms with Gasteiger partial charge < -0.3 is 5.32 Å². The molecule has 0 unspecified atom stereocenters. The molecule has 0 saturated carbocycles. The molecule has 160 valence electrons. The van der Waals surface area contributed by atoms with E-state index in [0.717, 1.165) is 5.56 Å². The minimum absolute atomic E-state index is 0.180. The normalized spacial score (nSPS) is 10.7. The van der Waals surface area contributed by atoms with Crippen LogP contribution in [0.3, 0.4) is 0 Å². The van der Waals surface area contributed by atoms with Gasteiger partial charge in [-0.05, 0) is 32.0 Å². The number of anilines is 1. The Kier molecular flexibility index (Phi) is 5.60. The summed E-state index contributed by atoms with van der Waals surface area (Å²) >= 11 is 0. The van der Waals surface area contributed by atoms with Crippen molar-refractivity contribution in [3.05, 3.63) is 117 Å². The zero-order chi connectivity index (χ0) is 22.8. The number of para-hydroxylation sites is 1. The second kappa shape index (κ2) is 8.51. The fraction of sp³-hybridized carbons (Fsp3) is 0.115. The summed E-state index contributed by atoms with van der Waals surface area (Å²) in [5.74, 6) is -0.755. The number of benzene rings is 3. The lowest BCUT2D eigenvalue weighted by Crippen LogP contribution is -2.24. The van der Waals surface area contributed by atoms with Crippen LogP contribution in [0.2, 0.25) is 0 Å². The first kappa shape index (κ1) is 21.1. The molecule has 0 fully saturated rings. The molecule has 0 atom stereocenters. The van der Waals surface area contributed by atoms with Gasteiger partial charge in [0.1, 0.15) is 5.69 Å². The van der Waals surface area contributed by atoms with E-state index in [1.165, 1.54) is 4.68 Å². The maximum Gasteiger partial charge on any atom is 0.295 e. The van der Waals surface area contributed by atoms with Gasteiger partial charge in [0.25, 0.3) is 11.5 Å². The highest BCUT2D eigenvalue weighted by Gasteiger charge is 2.22. The Labute approximate surface area is 185 Å². The number of aromatic nitrogens is 2. The second-order valence-corrected chi connectivity index (χ2v) is 7.63. The highest BCUT2D eigenvalue weighted by atomic mass is 16.2. The number of nitrogens with one attached hydrogen (secondary N) is 1. The highest BCUT2D eigenvalue weighted by molar-refractivity contribution is 6.17. The van der Waals surface area contributed by atoms with E-state index < -0.39 is 5.91 Å². The summed E-state index contributed by atoms with van der Waals surface area (Å²) < 4.78 is 3.19. The Morgan fingerprint density at radius 2 is 1.38 bits per heavy atom. The fourth-order valence-corrected chi connectivity index (χ4v) is 3.63. The van der Waals surface area contributed by atoms with Gasteiger partial charge >= 0.3 is 0 Å². The molecule has 32 heavy (non-hydrogen) atoms. The van der Waals surface area contributed by atoms with Crippen molar-refractivity contribution in [3.8, 4) is 5.69 Å². The molecule has 4 aromatic rings. The molecule has 1 heterocycles. The van der Waals surface area contributed by atoms with E-state index in [1.807, 2.05) is 49.4 Å². The van der Waals surface area contributed by atoms with Crippen LogP contribution in [0.5, 0.6) is 0 Å². The van der Waals surface area contributed by atoms with Crippen molar-refractivity contribution in [1.82, 2.24) is 9.36 Å². The topological polar surface area (TPSA) is 73.1 Å². The van der Waals surface area contributed by atoms with E-state index in [2.05, 4.69) is 5.32 Å². The highest BCUT2D eigenvalue weighted by Crippen LogP contribution is 2.19. The average Bonchev–Trinajstić information content (AvgIpc) is 3.02. The van der Waals surface area contributed by atoms with Crippen molar-refractivity contribution in [2.75, 3.05) is 5.32 Å². The minimum atomic E-state index is -0.507.